The van der Waals surface area contributed by atoms with E-state index in [9.17, 15) is 22.7 Å². The zero-order chi connectivity index (χ0) is 17.3. The molecule has 7 nitrogen and oxygen atoms in total. The van der Waals surface area contributed by atoms with Gasteiger partial charge < -0.3 is 9.84 Å². The monoisotopic (exact) mass is 342 g/mol. The van der Waals surface area contributed by atoms with Crippen molar-refractivity contribution in [3.05, 3.63) is 29.6 Å². The van der Waals surface area contributed by atoms with Crippen LogP contribution in [0.15, 0.2) is 23.1 Å². The van der Waals surface area contributed by atoms with Gasteiger partial charge in [0.2, 0.25) is 10.0 Å². The molecule has 1 fully saturated rings. The number of hydrogen-bond acceptors (Lipinski definition) is 5. The van der Waals surface area contributed by atoms with Crippen LogP contribution in [0.3, 0.4) is 0 Å². The van der Waals surface area contributed by atoms with Crippen molar-refractivity contribution in [3.63, 3.8) is 0 Å². The maximum Gasteiger partial charge on any atom is 0.327 e. The Kier molecular flexibility index (Phi) is 4.70. The molecule has 124 valence electrons. The summed E-state index contributed by atoms with van der Waals surface area (Å²) < 4.78 is 45.2. The number of nitrogens with zero attached hydrogens (tertiary/aromatic N) is 2. The molecule has 0 aromatic heterocycles. The van der Waals surface area contributed by atoms with E-state index in [1.807, 2.05) is 0 Å². The standard InChI is InChI=1S/C14H15FN2O5S/c1-22-9-14(13(18)19)5-2-6-17(14)23(20,21)12-4-3-10(8-16)7-11(12)15/h3-4,7H,2,5-6,9H2,1H3,(H,18,19). The van der Waals surface area contributed by atoms with E-state index in [1.165, 1.54) is 13.2 Å². The van der Waals surface area contributed by atoms with Gasteiger partial charge >= 0.3 is 5.97 Å². The predicted octanol–water partition coefficient (Wildman–Crippen LogP) is 0.952. The second-order valence-corrected chi connectivity index (χ2v) is 7.04. The van der Waals surface area contributed by atoms with E-state index in [0.717, 1.165) is 16.4 Å². The van der Waals surface area contributed by atoms with Gasteiger partial charge in [0.15, 0.2) is 5.54 Å². The maximum atomic E-state index is 14.1. The van der Waals surface area contributed by atoms with Crippen molar-refractivity contribution in [3.8, 4) is 6.07 Å². The molecule has 9 heteroatoms. The number of rotatable bonds is 5. The van der Waals surface area contributed by atoms with Gasteiger partial charge in [0.25, 0.3) is 0 Å². The molecule has 1 aromatic rings. The highest BCUT2D eigenvalue weighted by molar-refractivity contribution is 7.89. The fraction of sp³-hybridized carbons (Fsp3) is 0.429. The predicted molar refractivity (Wildman–Crippen MR) is 76.5 cm³/mol. The van der Waals surface area contributed by atoms with Gasteiger partial charge in [0.1, 0.15) is 10.7 Å². The lowest BCUT2D eigenvalue weighted by atomic mass is 9.99. The molecule has 0 radical (unpaired) electrons. The highest BCUT2D eigenvalue weighted by Gasteiger charge is 2.54. The van der Waals surface area contributed by atoms with Gasteiger partial charge in [0, 0.05) is 13.7 Å². The lowest BCUT2D eigenvalue weighted by molar-refractivity contribution is -0.150. The van der Waals surface area contributed by atoms with Crippen molar-refractivity contribution in [1.29, 1.82) is 5.26 Å². The lowest BCUT2D eigenvalue weighted by Crippen LogP contribution is -2.56. The Morgan fingerprint density at radius 3 is 2.78 bits per heavy atom. The lowest BCUT2D eigenvalue weighted by Gasteiger charge is -2.33. The molecule has 1 aliphatic heterocycles. The summed E-state index contributed by atoms with van der Waals surface area (Å²) in [4.78, 5) is 11.0. The summed E-state index contributed by atoms with van der Waals surface area (Å²) in [5.41, 5.74) is -1.78. The van der Waals surface area contributed by atoms with Crippen LogP contribution >= 0.6 is 0 Å². The van der Waals surface area contributed by atoms with Gasteiger partial charge in [-0.2, -0.15) is 9.57 Å². The molecule has 23 heavy (non-hydrogen) atoms. The van der Waals surface area contributed by atoms with Crippen molar-refractivity contribution in [2.45, 2.75) is 23.3 Å². The van der Waals surface area contributed by atoms with Crippen molar-refractivity contribution in [2.24, 2.45) is 0 Å². The number of ether oxygens (including phenoxy) is 1. The first kappa shape index (κ1) is 17.3. The Morgan fingerprint density at radius 2 is 2.26 bits per heavy atom. The zero-order valence-electron chi connectivity index (χ0n) is 12.3. The molecule has 0 spiro atoms. The number of aliphatic carboxylic acids is 1. The molecule has 1 atom stereocenters. The number of carbonyl (C=O) groups is 1. The van der Waals surface area contributed by atoms with Gasteiger partial charge in [-0.15, -0.1) is 0 Å². The molecule has 1 aromatic carbocycles. The van der Waals surface area contributed by atoms with Crippen LogP contribution in [0.25, 0.3) is 0 Å². The van der Waals surface area contributed by atoms with Crippen LogP contribution in [-0.2, 0) is 19.6 Å². The number of carboxylic acid groups (broad SMARTS) is 1. The van der Waals surface area contributed by atoms with Crippen LogP contribution in [0.1, 0.15) is 18.4 Å². The minimum atomic E-state index is -4.38. The first-order valence-corrected chi connectivity index (χ1v) is 8.18. The number of halogens is 1. The molecule has 1 unspecified atom stereocenters. The number of carboxylic acids is 1. The van der Waals surface area contributed by atoms with E-state index < -0.39 is 32.2 Å². The van der Waals surface area contributed by atoms with Gasteiger partial charge in [-0.3, -0.25) is 4.79 Å². The van der Waals surface area contributed by atoms with Crippen molar-refractivity contribution >= 4 is 16.0 Å². The van der Waals surface area contributed by atoms with Gasteiger partial charge in [-0.1, -0.05) is 0 Å². The molecular formula is C14H15FN2O5S. The van der Waals surface area contributed by atoms with E-state index in [-0.39, 0.29) is 25.1 Å². The summed E-state index contributed by atoms with van der Waals surface area (Å²) >= 11 is 0. The average molecular weight is 342 g/mol. The van der Waals surface area contributed by atoms with Crippen LogP contribution in [0, 0.1) is 17.1 Å². The fourth-order valence-electron chi connectivity index (χ4n) is 2.76. The van der Waals surface area contributed by atoms with Gasteiger partial charge in [-0.05, 0) is 31.0 Å². The topological polar surface area (TPSA) is 108 Å². The minimum absolute atomic E-state index is 0.0238. The van der Waals surface area contributed by atoms with Crippen molar-refractivity contribution < 1.29 is 27.4 Å². The third-order valence-corrected chi connectivity index (χ3v) is 5.84. The third kappa shape index (κ3) is 2.81. The SMILES string of the molecule is COCC1(C(=O)O)CCCN1S(=O)(=O)c1ccc(C#N)cc1F. The third-order valence-electron chi connectivity index (χ3n) is 3.84. The molecule has 1 heterocycles. The smallest absolute Gasteiger partial charge is 0.327 e. The Labute approximate surface area is 132 Å². The molecule has 2 rings (SSSR count). The number of benzene rings is 1. The normalized spacial score (nSPS) is 22.0. The molecule has 0 saturated carbocycles. The summed E-state index contributed by atoms with van der Waals surface area (Å²) in [7, 11) is -3.11. The quantitative estimate of drug-likeness (QED) is 0.853. The molecule has 1 N–H and O–H groups in total. The maximum absolute atomic E-state index is 14.1. The zero-order valence-corrected chi connectivity index (χ0v) is 13.1. The number of nitriles is 1. The Morgan fingerprint density at radius 1 is 1.57 bits per heavy atom. The minimum Gasteiger partial charge on any atom is -0.480 e. The molecule has 1 saturated heterocycles. The fourth-order valence-corrected chi connectivity index (χ4v) is 4.60. The number of hydrogen-bond donors (Lipinski definition) is 1. The summed E-state index contributed by atoms with van der Waals surface area (Å²) in [5.74, 6) is -2.43. The molecule has 0 bridgehead atoms. The summed E-state index contributed by atoms with van der Waals surface area (Å²) in [6.07, 6.45) is 0.403. The van der Waals surface area contributed by atoms with E-state index in [2.05, 4.69) is 0 Å². The second kappa shape index (κ2) is 6.23. The first-order valence-electron chi connectivity index (χ1n) is 6.74. The van der Waals surface area contributed by atoms with E-state index in [0.29, 0.717) is 6.42 Å². The summed E-state index contributed by atoms with van der Waals surface area (Å²) in [5, 5.41) is 18.2. The second-order valence-electron chi connectivity index (χ2n) is 5.21. The van der Waals surface area contributed by atoms with E-state index in [4.69, 9.17) is 10.00 Å². The van der Waals surface area contributed by atoms with Crippen LogP contribution < -0.4 is 0 Å². The van der Waals surface area contributed by atoms with Gasteiger partial charge in [-0.25, -0.2) is 12.8 Å². The van der Waals surface area contributed by atoms with Crippen LogP contribution in [0.2, 0.25) is 0 Å². The van der Waals surface area contributed by atoms with Crippen LogP contribution in [0.5, 0.6) is 0 Å². The highest BCUT2D eigenvalue weighted by Crippen LogP contribution is 2.36. The Bertz CT molecular complexity index is 774. The molecule has 1 aliphatic rings. The molecule has 0 amide bonds. The van der Waals surface area contributed by atoms with Crippen molar-refractivity contribution in [1.82, 2.24) is 4.31 Å². The number of methoxy groups -OCH3 is 1. The summed E-state index contributed by atoms with van der Waals surface area (Å²) in [6.45, 7) is -0.378. The largest absolute Gasteiger partial charge is 0.480 e. The average Bonchev–Trinajstić information content (AvgIpc) is 2.93. The van der Waals surface area contributed by atoms with Crippen LogP contribution in [-0.4, -0.2) is 49.6 Å². The Balaban J connectivity index is 2.54. The Hall–Kier alpha value is -2.02. The number of sulfonamides is 1. The van der Waals surface area contributed by atoms with Crippen LogP contribution in [0.4, 0.5) is 4.39 Å². The van der Waals surface area contributed by atoms with E-state index in [1.54, 1.807) is 6.07 Å². The van der Waals surface area contributed by atoms with E-state index >= 15 is 0 Å². The summed E-state index contributed by atoms with van der Waals surface area (Å²) in [6, 6.07) is 4.66. The highest BCUT2D eigenvalue weighted by atomic mass is 32.2. The molecule has 0 aliphatic carbocycles. The van der Waals surface area contributed by atoms with Crippen molar-refractivity contribution in [2.75, 3.05) is 20.3 Å². The van der Waals surface area contributed by atoms with Gasteiger partial charge in [0.05, 0.1) is 18.2 Å². The molecular weight excluding hydrogens is 327 g/mol. The first-order chi connectivity index (χ1) is 10.8.